The van der Waals surface area contributed by atoms with Gasteiger partial charge in [0.05, 0.1) is 5.70 Å². The molecule has 0 aliphatic carbocycles. The van der Waals surface area contributed by atoms with Crippen molar-refractivity contribution in [3.63, 3.8) is 0 Å². The average molecular weight is 243 g/mol. The Morgan fingerprint density at radius 1 is 1.39 bits per heavy atom. The first-order chi connectivity index (χ1) is 8.70. The minimum absolute atomic E-state index is 0.188. The van der Waals surface area contributed by atoms with E-state index in [2.05, 4.69) is 5.32 Å². The van der Waals surface area contributed by atoms with Crippen molar-refractivity contribution in [2.45, 2.75) is 26.4 Å². The fraction of sp³-hybridized carbons (Fsp3) is 0.267. The van der Waals surface area contributed by atoms with Crippen LogP contribution in [-0.4, -0.2) is 12.1 Å². The molecular weight excluding hydrogens is 226 g/mol. The van der Waals surface area contributed by atoms with E-state index in [1.807, 2.05) is 49.4 Å². The summed E-state index contributed by atoms with van der Waals surface area (Å²) < 4.78 is 5.31. The van der Waals surface area contributed by atoms with Crippen molar-refractivity contribution in [1.29, 1.82) is 0 Å². The molecule has 0 spiro atoms. The van der Waals surface area contributed by atoms with E-state index in [1.165, 1.54) is 0 Å². The Kier molecular flexibility index (Phi) is 3.82. The molecule has 2 rings (SSSR count). The summed E-state index contributed by atoms with van der Waals surface area (Å²) >= 11 is 0. The fourth-order valence-electron chi connectivity index (χ4n) is 1.79. The molecule has 94 valence electrons. The Bertz CT molecular complexity index is 503. The maximum Gasteiger partial charge on any atom is 0.306 e. The molecule has 1 N–H and O–H groups in total. The van der Waals surface area contributed by atoms with Gasteiger partial charge in [0.2, 0.25) is 0 Å². The second-order valence-electron chi connectivity index (χ2n) is 4.18. The van der Waals surface area contributed by atoms with Crippen LogP contribution in [0.3, 0.4) is 0 Å². The third-order valence-electron chi connectivity index (χ3n) is 2.83. The number of hydrogen-bond donors (Lipinski definition) is 1. The zero-order valence-electron chi connectivity index (χ0n) is 10.6. The van der Waals surface area contributed by atoms with E-state index in [4.69, 9.17) is 4.74 Å². The van der Waals surface area contributed by atoms with Gasteiger partial charge in [0.25, 0.3) is 0 Å². The minimum atomic E-state index is -0.270. The highest BCUT2D eigenvalue weighted by atomic mass is 16.5. The minimum Gasteiger partial charge on any atom is -0.456 e. The van der Waals surface area contributed by atoms with Crippen LogP contribution in [0, 0.1) is 0 Å². The van der Waals surface area contributed by atoms with Crippen molar-refractivity contribution in [2.75, 3.05) is 5.32 Å². The van der Waals surface area contributed by atoms with Crippen LogP contribution in [0.2, 0.25) is 0 Å². The molecule has 0 amide bonds. The zero-order chi connectivity index (χ0) is 13.0. The predicted octanol–water partition coefficient (Wildman–Crippen LogP) is 3.35. The third kappa shape index (κ3) is 2.80. The van der Waals surface area contributed by atoms with Crippen molar-refractivity contribution in [1.82, 2.24) is 0 Å². The second kappa shape index (κ2) is 5.54. The molecule has 1 heterocycles. The largest absolute Gasteiger partial charge is 0.456 e. The lowest BCUT2D eigenvalue weighted by Gasteiger charge is -2.18. The number of carbonyl (C=O) groups is 1. The van der Waals surface area contributed by atoms with E-state index in [9.17, 15) is 4.79 Å². The van der Waals surface area contributed by atoms with E-state index >= 15 is 0 Å². The highest BCUT2D eigenvalue weighted by Gasteiger charge is 2.14. The molecule has 0 fully saturated rings. The molecule has 3 heteroatoms. The molecule has 0 saturated carbocycles. The van der Waals surface area contributed by atoms with Crippen LogP contribution < -0.4 is 5.32 Å². The van der Waals surface area contributed by atoms with E-state index in [0.717, 1.165) is 16.9 Å². The zero-order valence-corrected chi connectivity index (χ0v) is 10.6. The quantitative estimate of drug-likeness (QED) is 0.827. The summed E-state index contributed by atoms with van der Waals surface area (Å²) in [6.07, 6.45) is 6.06. The number of para-hydroxylation sites is 1. The first kappa shape index (κ1) is 12.4. The molecule has 3 nitrogen and oxygen atoms in total. The van der Waals surface area contributed by atoms with Crippen molar-refractivity contribution in [2.24, 2.45) is 0 Å². The van der Waals surface area contributed by atoms with Gasteiger partial charge in [-0.3, -0.25) is 4.79 Å². The van der Waals surface area contributed by atoms with E-state index < -0.39 is 0 Å². The number of esters is 1. The maximum atomic E-state index is 11.3. The van der Waals surface area contributed by atoms with Crippen LogP contribution in [-0.2, 0) is 9.53 Å². The Hall–Kier alpha value is -2.03. The van der Waals surface area contributed by atoms with Gasteiger partial charge in [-0.1, -0.05) is 37.3 Å². The summed E-state index contributed by atoms with van der Waals surface area (Å²) in [4.78, 5) is 11.3. The number of ether oxygens (including phenoxy) is 1. The summed E-state index contributed by atoms with van der Waals surface area (Å²) in [5, 5.41) is 3.31. The number of fused-ring (bicyclic) bond motifs is 1. The molecule has 1 aliphatic rings. The van der Waals surface area contributed by atoms with Crippen molar-refractivity contribution in [3.8, 4) is 0 Å². The molecule has 1 atom stereocenters. The van der Waals surface area contributed by atoms with Gasteiger partial charge in [0.1, 0.15) is 6.10 Å². The van der Waals surface area contributed by atoms with Crippen LogP contribution in [0.4, 0.5) is 5.69 Å². The lowest BCUT2D eigenvalue weighted by Crippen LogP contribution is -2.21. The lowest BCUT2D eigenvalue weighted by atomic mass is 10.1. The predicted molar refractivity (Wildman–Crippen MR) is 73.0 cm³/mol. The summed E-state index contributed by atoms with van der Waals surface area (Å²) in [7, 11) is 0. The number of nitrogens with one attached hydrogen (secondary N) is 1. The third-order valence-corrected chi connectivity index (χ3v) is 2.83. The smallest absolute Gasteiger partial charge is 0.306 e. The van der Waals surface area contributed by atoms with Crippen LogP contribution in [0.25, 0.3) is 6.08 Å². The lowest BCUT2D eigenvalue weighted by molar-refractivity contribution is -0.146. The normalized spacial score (nSPS) is 14.9. The van der Waals surface area contributed by atoms with Gasteiger partial charge in [0, 0.05) is 12.1 Å². The van der Waals surface area contributed by atoms with E-state index in [1.54, 1.807) is 6.92 Å². The summed E-state index contributed by atoms with van der Waals surface area (Å²) in [6.45, 7) is 3.66. The molecule has 0 radical (unpaired) electrons. The van der Waals surface area contributed by atoms with Gasteiger partial charge in [0.15, 0.2) is 0 Å². The molecule has 1 aromatic carbocycles. The monoisotopic (exact) mass is 243 g/mol. The van der Waals surface area contributed by atoms with Gasteiger partial charge in [-0.25, -0.2) is 0 Å². The van der Waals surface area contributed by atoms with E-state index in [0.29, 0.717) is 6.42 Å². The fourth-order valence-corrected chi connectivity index (χ4v) is 1.79. The van der Waals surface area contributed by atoms with E-state index in [-0.39, 0.29) is 12.1 Å². The molecule has 0 bridgehead atoms. The number of carbonyl (C=O) groups excluding carboxylic acids is 1. The summed E-state index contributed by atoms with van der Waals surface area (Å²) in [5.41, 5.74) is 3.03. The van der Waals surface area contributed by atoms with Crippen LogP contribution in [0.5, 0.6) is 0 Å². The van der Waals surface area contributed by atoms with Crippen molar-refractivity contribution < 1.29 is 9.53 Å². The van der Waals surface area contributed by atoms with Gasteiger partial charge in [-0.15, -0.1) is 0 Å². The summed E-state index contributed by atoms with van der Waals surface area (Å²) in [6, 6.07) is 8.02. The van der Waals surface area contributed by atoms with Crippen LogP contribution >= 0.6 is 0 Å². The van der Waals surface area contributed by atoms with Gasteiger partial charge in [-0.05, 0) is 24.6 Å². The molecule has 1 unspecified atom stereocenters. The van der Waals surface area contributed by atoms with Crippen molar-refractivity contribution >= 4 is 17.7 Å². The Labute approximate surface area is 107 Å². The van der Waals surface area contributed by atoms with Gasteiger partial charge >= 0.3 is 5.97 Å². The van der Waals surface area contributed by atoms with Gasteiger partial charge in [-0.2, -0.15) is 0 Å². The number of hydrogen-bond acceptors (Lipinski definition) is 3. The SMILES string of the molecule is CCC(=O)OC(C)C1=CC=Cc2ccccc2N1. The van der Waals surface area contributed by atoms with Gasteiger partial charge < -0.3 is 10.1 Å². The second-order valence-corrected chi connectivity index (χ2v) is 4.18. The standard InChI is InChI=1S/C15H17NO2/c1-3-15(17)18-11(2)13-10-6-8-12-7-4-5-9-14(12)16-13/h4-11,16H,3H2,1-2H3. The molecule has 0 saturated heterocycles. The topological polar surface area (TPSA) is 38.3 Å². The molecule has 18 heavy (non-hydrogen) atoms. The number of benzene rings is 1. The highest BCUT2D eigenvalue weighted by Crippen LogP contribution is 2.23. The average Bonchev–Trinajstić information content (AvgIpc) is 2.60. The number of rotatable bonds is 3. The first-order valence-electron chi connectivity index (χ1n) is 6.14. The number of anilines is 1. The highest BCUT2D eigenvalue weighted by molar-refractivity contribution is 5.72. The first-order valence-corrected chi connectivity index (χ1v) is 6.14. The Balaban J connectivity index is 2.15. The Morgan fingerprint density at radius 2 is 2.17 bits per heavy atom. The molecule has 1 aromatic rings. The molecular formula is C15H17NO2. The van der Waals surface area contributed by atoms with Crippen molar-refractivity contribution in [3.05, 3.63) is 47.7 Å². The number of allylic oxidation sites excluding steroid dienone is 2. The molecule has 0 aromatic heterocycles. The summed E-state index contributed by atoms with van der Waals surface area (Å²) in [5.74, 6) is -0.188. The van der Waals surface area contributed by atoms with Crippen LogP contribution in [0.15, 0.2) is 42.1 Å². The maximum absolute atomic E-state index is 11.3. The Morgan fingerprint density at radius 3 is 2.94 bits per heavy atom. The van der Waals surface area contributed by atoms with Crippen LogP contribution in [0.1, 0.15) is 25.8 Å². The molecule has 1 aliphatic heterocycles.